The maximum atomic E-state index is 12.9. The van der Waals surface area contributed by atoms with Crippen LogP contribution in [0.5, 0.6) is 5.75 Å². The fraction of sp³-hybridized carbons (Fsp3) is 0.538. The third kappa shape index (κ3) is 2.14. The predicted octanol–water partition coefficient (Wildman–Crippen LogP) is 4.13. The average Bonchev–Trinajstić information content (AvgIpc) is 2.40. The van der Waals surface area contributed by atoms with Gasteiger partial charge in [0.05, 0.1) is 0 Å². The van der Waals surface area contributed by atoms with Crippen molar-refractivity contribution in [3.05, 3.63) is 29.6 Å². The summed E-state index contributed by atoms with van der Waals surface area (Å²) in [6.07, 6.45) is 0. The van der Waals surface area contributed by atoms with Crippen molar-refractivity contribution in [3.8, 4) is 5.75 Å². The minimum atomic E-state index is -0.233. The van der Waals surface area contributed by atoms with Crippen LogP contribution in [0, 0.1) is 5.82 Å². The topological polar surface area (TPSA) is 9.23 Å². The van der Waals surface area contributed by atoms with Crippen molar-refractivity contribution in [1.82, 2.24) is 0 Å². The standard InChI is InChI=1S/C11H13FO.C2H6/c1-7-9-5-4-8(12)6-10(9)13-11(7,2)3;1-2/h4-7H,1-3H3;1-2H3. The van der Waals surface area contributed by atoms with E-state index in [0.29, 0.717) is 11.7 Å². The van der Waals surface area contributed by atoms with Crippen LogP contribution in [0.15, 0.2) is 18.2 Å². The average molecular weight is 210 g/mol. The van der Waals surface area contributed by atoms with Gasteiger partial charge >= 0.3 is 0 Å². The lowest BCUT2D eigenvalue weighted by Crippen LogP contribution is -2.28. The van der Waals surface area contributed by atoms with Gasteiger partial charge in [-0.05, 0) is 19.9 Å². The van der Waals surface area contributed by atoms with Crippen LogP contribution in [-0.4, -0.2) is 5.60 Å². The second-order valence-electron chi connectivity index (χ2n) is 4.11. The molecule has 1 aromatic carbocycles. The normalized spacial score (nSPS) is 21.1. The lowest BCUT2D eigenvalue weighted by atomic mass is 9.89. The largest absolute Gasteiger partial charge is 0.487 e. The Kier molecular flexibility index (Phi) is 3.38. The highest BCUT2D eigenvalue weighted by molar-refractivity contribution is 5.42. The van der Waals surface area contributed by atoms with E-state index < -0.39 is 0 Å². The first-order valence-corrected chi connectivity index (χ1v) is 5.49. The zero-order chi connectivity index (χ0) is 11.6. The van der Waals surface area contributed by atoms with Crippen LogP contribution in [0.1, 0.15) is 46.1 Å². The zero-order valence-electron chi connectivity index (χ0n) is 10.1. The Balaban J connectivity index is 0.000000531. The van der Waals surface area contributed by atoms with Crippen LogP contribution in [-0.2, 0) is 0 Å². The molecule has 2 rings (SSSR count). The van der Waals surface area contributed by atoms with Crippen molar-refractivity contribution < 1.29 is 9.13 Å². The smallest absolute Gasteiger partial charge is 0.126 e. The monoisotopic (exact) mass is 210 g/mol. The Morgan fingerprint density at radius 2 is 1.87 bits per heavy atom. The Labute approximate surface area is 91.3 Å². The van der Waals surface area contributed by atoms with Crippen molar-refractivity contribution in [2.45, 2.75) is 46.1 Å². The van der Waals surface area contributed by atoms with Gasteiger partial charge in [0, 0.05) is 17.5 Å². The molecule has 0 aromatic heterocycles. The molecule has 1 nitrogen and oxygen atoms in total. The summed E-state index contributed by atoms with van der Waals surface area (Å²) in [4.78, 5) is 0. The number of halogens is 1. The van der Waals surface area contributed by atoms with Crippen molar-refractivity contribution in [2.24, 2.45) is 0 Å². The molecule has 1 atom stereocenters. The molecular formula is C13H19FO. The molecule has 1 heterocycles. The van der Waals surface area contributed by atoms with E-state index in [1.54, 1.807) is 0 Å². The maximum Gasteiger partial charge on any atom is 0.126 e. The summed E-state index contributed by atoms with van der Waals surface area (Å²) >= 11 is 0. The predicted molar refractivity (Wildman–Crippen MR) is 60.9 cm³/mol. The molecule has 0 fully saturated rings. The van der Waals surface area contributed by atoms with Gasteiger partial charge in [-0.3, -0.25) is 0 Å². The summed E-state index contributed by atoms with van der Waals surface area (Å²) in [5, 5.41) is 0. The highest BCUT2D eigenvalue weighted by Gasteiger charge is 2.37. The van der Waals surface area contributed by atoms with Gasteiger partial charge in [-0.25, -0.2) is 4.39 Å². The van der Waals surface area contributed by atoms with Gasteiger partial charge in [-0.1, -0.05) is 26.8 Å². The molecule has 1 unspecified atom stereocenters. The Hall–Kier alpha value is -1.05. The van der Waals surface area contributed by atoms with Crippen molar-refractivity contribution in [2.75, 3.05) is 0 Å². The van der Waals surface area contributed by atoms with Crippen molar-refractivity contribution in [1.29, 1.82) is 0 Å². The van der Waals surface area contributed by atoms with E-state index >= 15 is 0 Å². The fourth-order valence-electron chi connectivity index (χ4n) is 1.70. The van der Waals surface area contributed by atoms with Crippen molar-refractivity contribution in [3.63, 3.8) is 0 Å². The van der Waals surface area contributed by atoms with Gasteiger partial charge < -0.3 is 4.74 Å². The third-order valence-electron chi connectivity index (χ3n) is 2.86. The van der Waals surface area contributed by atoms with Gasteiger partial charge in [0.1, 0.15) is 17.2 Å². The molecule has 0 amide bonds. The van der Waals surface area contributed by atoms with Gasteiger partial charge in [0.25, 0.3) is 0 Å². The molecule has 2 heteroatoms. The lowest BCUT2D eigenvalue weighted by Gasteiger charge is -2.22. The van der Waals surface area contributed by atoms with E-state index in [0.717, 1.165) is 5.56 Å². The first-order valence-electron chi connectivity index (χ1n) is 5.49. The molecule has 1 aliphatic rings. The van der Waals surface area contributed by atoms with Crippen LogP contribution in [0.25, 0.3) is 0 Å². The van der Waals surface area contributed by atoms with Crippen molar-refractivity contribution >= 4 is 0 Å². The molecule has 0 spiro atoms. The highest BCUT2D eigenvalue weighted by Crippen LogP contribution is 2.44. The molecule has 0 saturated carbocycles. The summed E-state index contributed by atoms with van der Waals surface area (Å²) in [6.45, 7) is 10.1. The number of fused-ring (bicyclic) bond motifs is 1. The first-order chi connectivity index (χ1) is 7.00. The summed E-state index contributed by atoms with van der Waals surface area (Å²) in [5.41, 5.74) is 0.891. The molecular weight excluding hydrogens is 191 g/mol. The van der Waals surface area contributed by atoms with E-state index in [2.05, 4.69) is 6.92 Å². The number of hydrogen-bond donors (Lipinski definition) is 0. The van der Waals surface area contributed by atoms with Gasteiger partial charge in [0.15, 0.2) is 0 Å². The molecule has 0 aliphatic carbocycles. The van der Waals surface area contributed by atoms with Crippen LogP contribution in [0.3, 0.4) is 0 Å². The summed E-state index contributed by atoms with van der Waals surface area (Å²) < 4.78 is 18.5. The quantitative estimate of drug-likeness (QED) is 0.625. The van der Waals surface area contributed by atoms with E-state index in [9.17, 15) is 4.39 Å². The van der Waals surface area contributed by atoms with E-state index in [1.165, 1.54) is 12.1 Å². The zero-order valence-corrected chi connectivity index (χ0v) is 10.1. The minimum absolute atomic E-state index is 0.212. The molecule has 0 bridgehead atoms. The van der Waals surface area contributed by atoms with E-state index in [1.807, 2.05) is 33.8 Å². The molecule has 0 radical (unpaired) electrons. The third-order valence-corrected chi connectivity index (χ3v) is 2.86. The number of benzene rings is 1. The second kappa shape index (κ2) is 4.21. The molecule has 0 saturated heterocycles. The van der Waals surface area contributed by atoms with Crippen LogP contribution < -0.4 is 4.74 Å². The SMILES string of the molecule is CC.CC1c2ccc(F)cc2OC1(C)C. The molecule has 1 aliphatic heterocycles. The highest BCUT2D eigenvalue weighted by atomic mass is 19.1. The fourth-order valence-corrected chi connectivity index (χ4v) is 1.70. The van der Waals surface area contributed by atoms with Gasteiger partial charge in [-0.2, -0.15) is 0 Å². The number of rotatable bonds is 0. The van der Waals surface area contributed by atoms with E-state index in [4.69, 9.17) is 4.74 Å². The number of ether oxygens (including phenoxy) is 1. The summed E-state index contributed by atoms with van der Waals surface area (Å²) in [6, 6.07) is 4.75. The Morgan fingerprint density at radius 1 is 1.27 bits per heavy atom. The van der Waals surface area contributed by atoms with Crippen LogP contribution in [0.4, 0.5) is 4.39 Å². The van der Waals surface area contributed by atoms with E-state index in [-0.39, 0.29) is 11.4 Å². The molecule has 15 heavy (non-hydrogen) atoms. The minimum Gasteiger partial charge on any atom is -0.487 e. The Bertz CT molecular complexity index is 344. The number of hydrogen-bond acceptors (Lipinski definition) is 1. The van der Waals surface area contributed by atoms with Crippen LogP contribution in [0.2, 0.25) is 0 Å². The summed E-state index contributed by atoms with van der Waals surface area (Å²) in [5.74, 6) is 0.782. The van der Waals surface area contributed by atoms with Gasteiger partial charge in [-0.15, -0.1) is 0 Å². The van der Waals surface area contributed by atoms with Gasteiger partial charge in [0.2, 0.25) is 0 Å². The molecule has 0 N–H and O–H groups in total. The van der Waals surface area contributed by atoms with Crippen LogP contribution >= 0.6 is 0 Å². The lowest BCUT2D eigenvalue weighted by molar-refractivity contribution is 0.115. The second-order valence-corrected chi connectivity index (χ2v) is 4.11. The molecule has 1 aromatic rings. The maximum absolute atomic E-state index is 12.9. The Morgan fingerprint density at radius 3 is 2.47 bits per heavy atom. The summed E-state index contributed by atoms with van der Waals surface area (Å²) in [7, 11) is 0. The molecule has 84 valence electrons. The first kappa shape index (κ1) is 12.0.